The summed E-state index contributed by atoms with van der Waals surface area (Å²) >= 11 is 0. The molecule has 0 saturated heterocycles. The molecule has 0 bridgehead atoms. The highest BCUT2D eigenvalue weighted by molar-refractivity contribution is 5.99. The number of nitro groups is 1. The van der Waals surface area contributed by atoms with E-state index in [-0.39, 0.29) is 5.56 Å². The van der Waals surface area contributed by atoms with Gasteiger partial charge in [-0.05, 0) is 0 Å². The van der Waals surface area contributed by atoms with Crippen molar-refractivity contribution in [2.75, 3.05) is 0 Å². The Morgan fingerprint density at radius 1 is 1.33 bits per heavy atom. The second-order valence-corrected chi connectivity index (χ2v) is 3.61. The van der Waals surface area contributed by atoms with Crippen molar-refractivity contribution in [3.05, 3.63) is 46.0 Å². The first kappa shape index (κ1) is 13.8. The zero-order valence-electron chi connectivity index (χ0n) is 9.57. The van der Waals surface area contributed by atoms with E-state index in [0.29, 0.717) is 0 Å². The van der Waals surface area contributed by atoms with Crippen molar-refractivity contribution in [3.63, 3.8) is 0 Å². The number of aliphatic hydroxyl groups excluding tert-OH is 1. The molecule has 1 aromatic rings. The fourth-order valence-electron chi connectivity index (χ4n) is 1.41. The molecule has 7 heteroatoms. The lowest BCUT2D eigenvalue weighted by atomic mass is 10.0. The summed E-state index contributed by atoms with van der Waals surface area (Å²) < 4.78 is 0. The Labute approximate surface area is 103 Å². The molecule has 1 amide bonds. The minimum Gasteiger partial charge on any atom is -0.367 e. The van der Waals surface area contributed by atoms with E-state index in [4.69, 9.17) is 0 Å². The summed E-state index contributed by atoms with van der Waals surface area (Å²) in [5, 5.41) is 22.2. The van der Waals surface area contributed by atoms with Crippen molar-refractivity contribution < 1.29 is 19.6 Å². The SMILES string of the molecule is CC(=O)NC(O)C(C(=O)c1ccccc1)[N+](=O)[O-]. The maximum absolute atomic E-state index is 11.9. The molecule has 2 atom stereocenters. The van der Waals surface area contributed by atoms with Crippen LogP contribution in [0.25, 0.3) is 0 Å². The van der Waals surface area contributed by atoms with E-state index >= 15 is 0 Å². The second kappa shape index (κ2) is 5.87. The number of carbonyl (C=O) groups excluding carboxylic acids is 2. The number of ketones is 1. The Balaban J connectivity index is 2.96. The van der Waals surface area contributed by atoms with Crippen molar-refractivity contribution in [1.82, 2.24) is 5.32 Å². The lowest BCUT2D eigenvalue weighted by Gasteiger charge is -2.15. The summed E-state index contributed by atoms with van der Waals surface area (Å²) in [5.74, 6) is -1.52. The summed E-state index contributed by atoms with van der Waals surface area (Å²) in [6.45, 7) is 1.09. The van der Waals surface area contributed by atoms with Gasteiger partial charge in [0.1, 0.15) is 0 Å². The smallest absolute Gasteiger partial charge is 0.318 e. The molecular formula is C11H12N2O5. The van der Waals surface area contributed by atoms with E-state index < -0.39 is 28.9 Å². The van der Waals surface area contributed by atoms with Crippen LogP contribution in [0, 0.1) is 10.1 Å². The molecule has 2 unspecified atom stereocenters. The van der Waals surface area contributed by atoms with Gasteiger partial charge in [-0.2, -0.15) is 0 Å². The van der Waals surface area contributed by atoms with Gasteiger partial charge in [-0.25, -0.2) is 0 Å². The molecule has 0 heterocycles. The third-order valence-corrected chi connectivity index (χ3v) is 2.20. The van der Waals surface area contributed by atoms with E-state index in [1.165, 1.54) is 12.1 Å². The zero-order chi connectivity index (χ0) is 13.7. The molecule has 2 N–H and O–H groups in total. The van der Waals surface area contributed by atoms with Crippen LogP contribution in [0.4, 0.5) is 0 Å². The average Bonchev–Trinajstić information content (AvgIpc) is 2.28. The van der Waals surface area contributed by atoms with Gasteiger partial charge in [-0.3, -0.25) is 19.7 Å². The van der Waals surface area contributed by atoms with Gasteiger partial charge >= 0.3 is 6.04 Å². The van der Waals surface area contributed by atoms with Crippen molar-refractivity contribution in [1.29, 1.82) is 0 Å². The van der Waals surface area contributed by atoms with Crippen molar-refractivity contribution in [3.8, 4) is 0 Å². The van der Waals surface area contributed by atoms with Gasteiger partial charge in [0.05, 0.1) is 0 Å². The van der Waals surface area contributed by atoms with Crippen molar-refractivity contribution in [2.24, 2.45) is 0 Å². The van der Waals surface area contributed by atoms with Gasteiger partial charge in [0.15, 0.2) is 0 Å². The Hall–Kier alpha value is -2.28. The predicted octanol–water partition coefficient (Wildman–Crippen LogP) is -0.0309. The summed E-state index contributed by atoms with van der Waals surface area (Å²) in [7, 11) is 0. The van der Waals surface area contributed by atoms with Crippen molar-refractivity contribution in [2.45, 2.75) is 19.2 Å². The summed E-state index contributed by atoms with van der Waals surface area (Å²) in [6.07, 6.45) is -1.86. The first-order chi connectivity index (χ1) is 8.43. The maximum Gasteiger partial charge on any atom is 0.318 e. The topological polar surface area (TPSA) is 110 Å². The number of nitrogens with one attached hydrogen (secondary N) is 1. The first-order valence-electron chi connectivity index (χ1n) is 5.11. The third-order valence-electron chi connectivity index (χ3n) is 2.20. The molecular weight excluding hydrogens is 240 g/mol. The normalized spacial score (nSPS) is 13.4. The minimum atomic E-state index is -1.92. The van der Waals surface area contributed by atoms with Gasteiger partial charge in [0.25, 0.3) is 0 Å². The highest BCUT2D eigenvalue weighted by Crippen LogP contribution is 2.08. The van der Waals surface area contributed by atoms with Crippen LogP contribution < -0.4 is 5.32 Å². The molecule has 7 nitrogen and oxygen atoms in total. The number of hydrogen-bond acceptors (Lipinski definition) is 5. The standard InChI is InChI=1S/C11H12N2O5/c1-7(14)12-11(16)9(13(17)18)10(15)8-5-3-2-4-6-8/h2-6,9,11,16H,1H3,(H,12,14). The van der Waals surface area contributed by atoms with Crippen molar-refractivity contribution >= 4 is 11.7 Å². The van der Waals surface area contributed by atoms with E-state index in [2.05, 4.69) is 0 Å². The number of amides is 1. The van der Waals surface area contributed by atoms with E-state index in [0.717, 1.165) is 6.92 Å². The molecule has 0 aliphatic carbocycles. The quantitative estimate of drug-likeness (QED) is 0.331. The second-order valence-electron chi connectivity index (χ2n) is 3.61. The number of benzene rings is 1. The third kappa shape index (κ3) is 3.36. The molecule has 1 rings (SSSR count). The van der Waals surface area contributed by atoms with Gasteiger partial charge in [0, 0.05) is 17.4 Å². The highest BCUT2D eigenvalue weighted by atomic mass is 16.6. The summed E-state index contributed by atoms with van der Waals surface area (Å²) in [5.41, 5.74) is 0.101. The number of Topliss-reactive ketones (excluding diaryl/α,β-unsaturated/α-hetero) is 1. The predicted molar refractivity (Wildman–Crippen MR) is 61.4 cm³/mol. The minimum absolute atomic E-state index is 0.101. The Kier molecular flexibility index (Phi) is 4.50. The van der Waals surface area contributed by atoms with Crippen LogP contribution in [0.2, 0.25) is 0 Å². The van der Waals surface area contributed by atoms with Crippen LogP contribution in [0.15, 0.2) is 30.3 Å². The molecule has 0 saturated carbocycles. The molecule has 0 aromatic heterocycles. The zero-order valence-corrected chi connectivity index (χ0v) is 9.57. The summed E-state index contributed by atoms with van der Waals surface area (Å²) in [4.78, 5) is 32.5. The largest absolute Gasteiger partial charge is 0.367 e. The van der Waals surface area contributed by atoms with Crippen LogP contribution in [0.3, 0.4) is 0 Å². The van der Waals surface area contributed by atoms with E-state index in [1.807, 2.05) is 5.32 Å². The van der Waals surface area contributed by atoms with Crippen LogP contribution in [0.1, 0.15) is 17.3 Å². The Bertz CT molecular complexity index is 460. The number of rotatable bonds is 5. The number of aliphatic hydroxyl groups is 1. The average molecular weight is 252 g/mol. The highest BCUT2D eigenvalue weighted by Gasteiger charge is 2.38. The van der Waals surface area contributed by atoms with Crippen LogP contribution in [0.5, 0.6) is 0 Å². The van der Waals surface area contributed by atoms with E-state index in [9.17, 15) is 24.8 Å². The lowest BCUT2D eigenvalue weighted by Crippen LogP contribution is -2.50. The molecule has 1 aromatic carbocycles. The fourth-order valence-corrected chi connectivity index (χ4v) is 1.41. The molecule has 0 spiro atoms. The van der Waals surface area contributed by atoms with Gasteiger partial charge in [-0.1, -0.05) is 30.3 Å². The van der Waals surface area contributed by atoms with Crippen LogP contribution in [-0.4, -0.2) is 34.0 Å². The Morgan fingerprint density at radius 2 is 1.89 bits per heavy atom. The first-order valence-corrected chi connectivity index (χ1v) is 5.11. The Morgan fingerprint density at radius 3 is 2.33 bits per heavy atom. The molecule has 0 radical (unpaired) electrons. The number of hydrogen-bond donors (Lipinski definition) is 2. The van der Waals surface area contributed by atoms with Gasteiger partial charge in [0.2, 0.25) is 17.9 Å². The van der Waals surface area contributed by atoms with E-state index in [1.54, 1.807) is 18.2 Å². The molecule has 0 aliphatic heterocycles. The molecule has 0 aliphatic rings. The number of carbonyl (C=O) groups is 2. The lowest BCUT2D eigenvalue weighted by molar-refractivity contribution is -0.517. The monoisotopic (exact) mass is 252 g/mol. The summed E-state index contributed by atoms with van der Waals surface area (Å²) in [6, 6.07) is 5.64. The maximum atomic E-state index is 11.9. The van der Waals surface area contributed by atoms with Gasteiger partial charge in [-0.15, -0.1) is 0 Å². The van der Waals surface area contributed by atoms with Crippen LogP contribution >= 0.6 is 0 Å². The molecule has 0 fully saturated rings. The van der Waals surface area contributed by atoms with Gasteiger partial charge < -0.3 is 10.4 Å². The van der Waals surface area contributed by atoms with Crippen LogP contribution in [-0.2, 0) is 4.79 Å². The number of nitrogens with zero attached hydrogens (tertiary/aromatic N) is 1. The fraction of sp³-hybridized carbons (Fsp3) is 0.273. The molecule has 18 heavy (non-hydrogen) atoms. The molecule has 96 valence electrons.